The maximum Gasteiger partial charge on any atom is 0.573 e. The molecule has 3 aromatic carbocycles. The molecule has 1 fully saturated rings. The van der Waals surface area contributed by atoms with E-state index in [0.29, 0.717) is 24.2 Å². The topological polar surface area (TPSA) is 53.0 Å². The van der Waals surface area contributed by atoms with Gasteiger partial charge in [0.15, 0.2) is 5.72 Å². The first-order valence-electron chi connectivity index (χ1n) is 10.8. The average molecular weight is 614 g/mol. The minimum atomic E-state index is -4.90. The Hall–Kier alpha value is -2.56. The van der Waals surface area contributed by atoms with Gasteiger partial charge < -0.3 is 9.84 Å². The van der Waals surface area contributed by atoms with Gasteiger partial charge >= 0.3 is 12.4 Å². The first-order chi connectivity index (χ1) is 16.5. The number of benzene rings is 3. The fourth-order valence-corrected chi connectivity index (χ4v) is 4.88. The van der Waals surface area contributed by atoms with Crippen LogP contribution in [-0.4, -0.2) is 23.5 Å². The van der Waals surface area contributed by atoms with Crippen LogP contribution >= 0.6 is 31.9 Å². The molecule has 0 aliphatic carbocycles. The van der Waals surface area contributed by atoms with Crippen LogP contribution in [0.25, 0.3) is 0 Å². The van der Waals surface area contributed by atoms with E-state index in [-0.39, 0.29) is 5.56 Å². The summed E-state index contributed by atoms with van der Waals surface area (Å²) < 4.78 is 44.5. The molecule has 2 unspecified atom stereocenters. The van der Waals surface area contributed by atoms with Crippen LogP contribution in [0.2, 0.25) is 0 Å². The zero-order valence-corrected chi connectivity index (χ0v) is 21.6. The highest BCUT2D eigenvalue weighted by Crippen LogP contribution is 2.47. The molecule has 0 bridgehead atoms. The SMILES string of the molecule is CCCC1N(c2ccc(Br)cc2)C(=O)N(c2ccc(Br)cc2)C1(O)c1cccc(OC(F)(F)F)c1. The average Bonchev–Trinajstić information content (AvgIpc) is 3.02. The maximum atomic E-state index is 13.9. The normalized spacial score (nSPS) is 20.4. The Morgan fingerprint density at radius 3 is 2.09 bits per heavy atom. The van der Waals surface area contributed by atoms with Gasteiger partial charge in [-0.1, -0.05) is 57.3 Å². The number of aliphatic hydroxyl groups is 1. The number of nitrogens with zero attached hydrogens (tertiary/aromatic N) is 2. The highest BCUT2D eigenvalue weighted by molar-refractivity contribution is 9.10. The Balaban J connectivity index is 1.92. The van der Waals surface area contributed by atoms with E-state index in [4.69, 9.17) is 0 Å². The minimum absolute atomic E-state index is 0.105. The number of amides is 2. The summed E-state index contributed by atoms with van der Waals surface area (Å²) in [6.45, 7) is 1.91. The Morgan fingerprint density at radius 2 is 1.54 bits per heavy atom. The molecule has 1 N–H and O–H groups in total. The van der Waals surface area contributed by atoms with Crippen molar-refractivity contribution < 1.29 is 27.8 Å². The molecule has 1 aliphatic heterocycles. The fourth-order valence-electron chi connectivity index (χ4n) is 4.35. The third-order valence-corrected chi connectivity index (χ3v) is 6.82. The molecule has 0 saturated carbocycles. The summed E-state index contributed by atoms with van der Waals surface area (Å²) in [7, 11) is 0. The number of ether oxygens (including phenoxy) is 1. The molecule has 184 valence electrons. The Labute approximate surface area is 217 Å². The molecule has 10 heteroatoms. The third kappa shape index (κ3) is 5.05. The smallest absolute Gasteiger partial charge is 0.406 e. The van der Waals surface area contributed by atoms with Crippen molar-refractivity contribution in [3.63, 3.8) is 0 Å². The standard InChI is InChI=1S/C25H21Br2F3N2O3/c1-2-4-22-24(34,16-5-3-6-21(15-16)35-25(28,29)30)32(20-13-9-18(27)10-14-20)23(33)31(22)19-11-7-17(26)8-12-19/h3,5-15,22,34H,2,4H2,1H3. The molecule has 2 atom stereocenters. The van der Waals surface area contributed by atoms with Crippen LogP contribution in [0, 0.1) is 0 Å². The van der Waals surface area contributed by atoms with Crippen molar-refractivity contribution in [3.8, 4) is 5.75 Å². The summed E-state index contributed by atoms with van der Waals surface area (Å²) in [6, 6.07) is 17.7. The summed E-state index contributed by atoms with van der Waals surface area (Å²) in [4.78, 5) is 16.6. The zero-order valence-electron chi connectivity index (χ0n) is 18.5. The summed E-state index contributed by atoms with van der Waals surface area (Å²) in [6.07, 6.45) is -3.90. The lowest BCUT2D eigenvalue weighted by Gasteiger charge is -2.37. The second-order valence-corrected chi connectivity index (χ2v) is 9.88. The molecule has 0 aromatic heterocycles. The molecule has 1 aliphatic rings. The number of urea groups is 1. The first-order valence-corrected chi connectivity index (χ1v) is 12.4. The van der Waals surface area contributed by atoms with Gasteiger partial charge in [0.05, 0.1) is 6.04 Å². The van der Waals surface area contributed by atoms with Gasteiger partial charge in [0, 0.05) is 25.9 Å². The van der Waals surface area contributed by atoms with Crippen molar-refractivity contribution >= 4 is 49.3 Å². The lowest BCUT2D eigenvalue weighted by molar-refractivity contribution is -0.274. The second kappa shape index (κ2) is 9.83. The number of hydrogen-bond donors (Lipinski definition) is 1. The molecule has 35 heavy (non-hydrogen) atoms. The zero-order chi connectivity index (χ0) is 25.4. The molecular weight excluding hydrogens is 593 g/mol. The number of anilines is 2. The van der Waals surface area contributed by atoms with Crippen LogP contribution in [0.3, 0.4) is 0 Å². The Bertz CT molecular complexity index is 1210. The van der Waals surface area contributed by atoms with E-state index in [9.17, 15) is 23.1 Å². The Kier molecular flexibility index (Phi) is 7.17. The highest BCUT2D eigenvalue weighted by Gasteiger charge is 2.58. The fraction of sp³-hybridized carbons (Fsp3) is 0.240. The van der Waals surface area contributed by atoms with E-state index in [2.05, 4.69) is 36.6 Å². The quantitative estimate of drug-likeness (QED) is 0.312. The number of carbonyl (C=O) groups excluding carboxylic acids is 1. The summed E-state index contributed by atoms with van der Waals surface area (Å²) in [5, 5.41) is 12.3. The van der Waals surface area contributed by atoms with Gasteiger partial charge in [-0.2, -0.15) is 0 Å². The largest absolute Gasteiger partial charge is 0.573 e. The monoisotopic (exact) mass is 612 g/mol. The molecule has 5 nitrogen and oxygen atoms in total. The van der Waals surface area contributed by atoms with Gasteiger partial charge in [-0.3, -0.25) is 9.80 Å². The minimum Gasteiger partial charge on any atom is -0.406 e. The summed E-state index contributed by atoms with van der Waals surface area (Å²) in [5.41, 5.74) is -0.937. The van der Waals surface area contributed by atoms with E-state index < -0.39 is 29.9 Å². The maximum absolute atomic E-state index is 13.9. The number of rotatable bonds is 6. The van der Waals surface area contributed by atoms with Crippen molar-refractivity contribution in [1.29, 1.82) is 0 Å². The van der Waals surface area contributed by atoms with Crippen LogP contribution in [-0.2, 0) is 5.72 Å². The molecule has 3 aromatic rings. The lowest BCUT2D eigenvalue weighted by Crippen LogP contribution is -2.49. The van der Waals surface area contributed by atoms with Crippen molar-refractivity contribution in [2.75, 3.05) is 9.80 Å². The molecule has 1 saturated heterocycles. The van der Waals surface area contributed by atoms with E-state index in [0.717, 1.165) is 21.1 Å². The van der Waals surface area contributed by atoms with Crippen LogP contribution in [0.4, 0.5) is 29.3 Å². The van der Waals surface area contributed by atoms with Crippen LogP contribution in [0.5, 0.6) is 5.75 Å². The van der Waals surface area contributed by atoms with Crippen LogP contribution in [0.1, 0.15) is 25.3 Å². The van der Waals surface area contributed by atoms with Crippen molar-refractivity contribution in [2.24, 2.45) is 0 Å². The molecule has 0 radical (unpaired) electrons. The molecule has 2 amide bonds. The van der Waals surface area contributed by atoms with Gasteiger partial charge in [0.25, 0.3) is 0 Å². The van der Waals surface area contributed by atoms with E-state index >= 15 is 0 Å². The van der Waals surface area contributed by atoms with Crippen LogP contribution < -0.4 is 14.5 Å². The predicted molar refractivity (Wildman–Crippen MR) is 134 cm³/mol. The van der Waals surface area contributed by atoms with Gasteiger partial charge in [-0.15, -0.1) is 13.2 Å². The Morgan fingerprint density at radius 1 is 0.971 bits per heavy atom. The number of halogens is 5. The van der Waals surface area contributed by atoms with E-state index in [1.165, 1.54) is 21.9 Å². The summed E-state index contributed by atoms with van der Waals surface area (Å²) in [5.74, 6) is -0.482. The lowest BCUT2D eigenvalue weighted by atomic mass is 9.90. The first kappa shape index (κ1) is 25.5. The van der Waals surface area contributed by atoms with Gasteiger partial charge in [-0.05, 0) is 67.1 Å². The summed E-state index contributed by atoms with van der Waals surface area (Å²) >= 11 is 6.76. The van der Waals surface area contributed by atoms with E-state index in [1.54, 1.807) is 48.5 Å². The molecule has 1 heterocycles. The van der Waals surface area contributed by atoms with Gasteiger partial charge in [-0.25, -0.2) is 4.79 Å². The van der Waals surface area contributed by atoms with Crippen molar-refractivity contribution in [1.82, 2.24) is 0 Å². The molecule has 0 spiro atoms. The number of carbonyl (C=O) groups is 1. The van der Waals surface area contributed by atoms with Crippen molar-refractivity contribution in [2.45, 2.75) is 37.9 Å². The number of hydrogen-bond acceptors (Lipinski definition) is 3. The van der Waals surface area contributed by atoms with Crippen molar-refractivity contribution in [3.05, 3.63) is 87.3 Å². The number of alkyl halides is 3. The predicted octanol–water partition coefficient (Wildman–Crippen LogP) is 7.57. The molecular formula is C25H21Br2F3N2O3. The highest BCUT2D eigenvalue weighted by atomic mass is 79.9. The second-order valence-electron chi connectivity index (χ2n) is 8.05. The van der Waals surface area contributed by atoms with Gasteiger partial charge in [0.2, 0.25) is 0 Å². The third-order valence-electron chi connectivity index (χ3n) is 5.76. The van der Waals surface area contributed by atoms with E-state index in [1.807, 2.05) is 6.92 Å². The van der Waals surface area contributed by atoms with Gasteiger partial charge in [0.1, 0.15) is 5.75 Å². The van der Waals surface area contributed by atoms with Crippen LogP contribution in [0.15, 0.2) is 81.7 Å². The molecule has 4 rings (SSSR count).